The van der Waals surface area contributed by atoms with Gasteiger partial charge in [-0.25, -0.2) is 0 Å². The van der Waals surface area contributed by atoms with Gasteiger partial charge in [0.2, 0.25) is 0 Å². The Hall–Kier alpha value is -1.23. The van der Waals surface area contributed by atoms with Crippen LogP contribution in [-0.4, -0.2) is 25.6 Å². The molecule has 0 radical (unpaired) electrons. The van der Waals surface area contributed by atoms with Gasteiger partial charge in [-0.3, -0.25) is 4.79 Å². The van der Waals surface area contributed by atoms with Crippen molar-refractivity contribution in [1.29, 1.82) is 0 Å². The van der Waals surface area contributed by atoms with E-state index in [0.717, 1.165) is 18.5 Å². The molecular weight excluding hydrogens is 311 g/mol. The lowest BCUT2D eigenvalue weighted by molar-refractivity contribution is -0.122. The van der Waals surface area contributed by atoms with Crippen molar-refractivity contribution in [1.82, 2.24) is 10.6 Å². The number of hydrogen-bond donors (Lipinski definition) is 2. The molecule has 0 saturated heterocycles. The summed E-state index contributed by atoms with van der Waals surface area (Å²) in [7, 11) is 0. The number of amides is 1. The lowest BCUT2D eigenvalue weighted by Gasteiger charge is -2.14. The van der Waals surface area contributed by atoms with Crippen LogP contribution in [0.3, 0.4) is 0 Å². The molecule has 1 aromatic carbocycles. The van der Waals surface area contributed by atoms with E-state index in [2.05, 4.69) is 24.1 Å². The van der Waals surface area contributed by atoms with Gasteiger partial charge in [-0.15, -0.1) is 6.58 Å². The first-order chi connectivity index (χ1) is 10.1. The van der Waals surface area contributed by atoms with E-state index in [1.807, 2.05) is 0 Å². The van der Waals surface area contributed by atoms with E-state index in [4.69, 9.17) is 27.9 Å². The predicted molar refractivity (Wildman–Crippen MR) is 87.2 cm³/mol. The van der Waals surface area contributed by atoms with Crippen molar-refractivity contribution in [3.63, 3.8) is 0 Å². The number of carbonyl (C=O) groups excluding carboxylic acids is 1. The van der Waals surface area contributed by atoms with Crippen LogP contribution in [0.25, 0.3) is 0 Å². The molecule has 6 heteroatoms. The monoisotopic (exact) mass is 330 g/mol. The lowest BCUT2D eigenvalue weighted by atomic mass is 10.2. The zero-order valence-electron chi connectivity index (χ0n) is 12.0. The van der Waals surface area contributed by atoms with E-state index in [9.17, 15) is 4.79 Å². The molecular formula is C15H20Cl2N2O2. The Bertz CT molecular complexity index is 493. The summed E-state index contributed by atoms with van der Waals surface area (Å²) >= 11 is 12.2. The van der Waals surface area contributed by atoms with Crippen molar-refractivity contribution < 1.29 is 9.53 Å². The third-order valence-electron chi connectivity index (χ3n) is 2.62. The smallest absolute Gasteiger partial charge is 0.258 e. The number of benzene rings is 1. The van der Waals surface area contributed by atoms with Crippen molar-refractivity contribution in [2.45, 2.75) is 19.9 Å². The molecule has 0 bridgehead atoms. The van der Waals surface area contributed by atoms with Crippen LogP contribution in [0.5, 0.6) is 5.75 Å². The summed E-state index contributed by atoms with van der Waals surface area (Å²) in [5, 5.41) is 6.83. The number of ether oxygens (including phenoxy) is 1. The van der Waals surface area contributed by atoms with Crippen LogP contribution in [0.2, 0.25) is 10.0 Å². The summed E-state index contributed by atoms with van der Waals surface area (Å²) in [4.78, 5) is 11.6. The zero-order chi connectivity index (χ0) is 15.7. The van der Waals surface area contributed by atoms with Crippen LogP contribution in [0, 0.1) is 0 Å². The second-order valence-corrected chi connectivity index (χ2v) is 5.28. The fourth-order valence-corrected chi connectivity index (χ4v) is 2.27. The molecule has 0 atom stereocenters. The summed E-state index contributed by atoms with van der Waals surface area (Å²) in [6, 6.07) is 3.39. The van der Waals surface area contributed by atoms with Crippen molar-refractivity contribution in [3.05, 3.63) is 40.4 Å². The molecule has 0 spiro atoms. The van der Waals surface area contributed by atoms with E-state index < -0.39 is 0 Å². The quantitative estimate of drug-likeness (QED) is 0.540. The van der Waals surface area contributed by atoms with Crippen LogP contribution in [0.1, 0.15) is 18.9 Å². The van der Waals surface area contributed by atoms with Crippen LogP contribution in [-0.2, 0) is 11.3 Å². The molecule has 0 saturated carbocycles. The summed E-state index contributed by atoms with van der Waals surface area (Å²) in [6.45, 7) is 7.38. The zero-order valence-corrected chi connectivity index (χ0v) is 13.6. The Kier molecular flexibility index (Phi) is 8.20. The Balaban J connectivity index is 2.73. The lowest BCUT2D eigenvalue weighted by Crippen LogP contribution is -2.29. The molecule has 0 fully saturated rings. The molecule has 0 heterocycles. The average Bonchev–Trinajstić information content (AvgIpc) is 2.44. The Morgan fingerprint density at radius 3 is 2.86 bits per heavy atom. The highest BCUT2D eigenvalue weighted by molar-refractivity contribution is 6.35. The summed E-state index contributed by atoms with van der Waals surface area (Å²) < 4.78 is 5.54. The highest BCUT2D eigenvalue weighted by Crippen LogP contribution is 2.32. The third-order valence-corrected chi connectivity index (χ3v) is 3.12. The minimum Gasteiger partial charge on any atom is -0.482 e. The average molecular weight is 331 g/mol. The maximum absolute atomic E-state index is 11.6. The van der Waals surface area contributed by atoms with Crippen molar-refractivity contribution in [2.24, 2.45) is 0 Å². The topological polar surface area (TPSA) is 50.4 Å². The maximum Gasteiger partial charge on any atom is 0.258 e. The SMILES string of the molecule is C=CCNC(=O)COc1c(Cl)cc(Cl)cc1CNCCC. The van der Waals surface area contributed by atoms with Gasteiger partial charge in [-0.2, -0.15) is 0 Å². The first-order valence-corrected chi connectivity index (χ1v) is 7.53. The molecule has 0 unspecified atom stereocenters. The highest BCUT2D eigenvalue weighted by Gasteiger charge is 2.12. The number of rotatable bonds is 9. The molecule has 1 aromatic rings. The molecule has 1 amide bonds. The van der Waals surface area contributed by atoms with E-state index in [0.29, 0.717) is 28.9 Å². The number of nitrogens with one attached hydrogen (secondary N) is 2. The van der Waals surface area contributed by atoms with Gasteiger partial charge in [0.15, 0.2) is 6.61 Å². The normalized spacial score (nSPS) is 10.2. The van der Waals surface area contributed by atoms with Gasteiger partial charge in [0.05, 0.1) is 5.02 Å². The van der Waals surface area contributed by atoms with Crippen LogP contribution in [0.15, 0.2) is 24.8 Å². The Labute approximate surface area is 135 Å². The maximum atomic E-state index is 11.6. The van der Waals surface area contributed by atoms with Crippen LogP contribution >= 0.6 is 23.2 Å². The molecule has 2 N–H and O–H groups in total. The van der Waals surface area contributed by atoms with Crippen LogP contribution in [0.4, 0.5) is 0 Å². The minimum atomic E-state index is -0.228. The molecule has 116 valence electrons. The van der Waals surface area contributed by atoms with Crippen LogP contribution < -0.4 is 15.4 Å². The van der Waals surface area contributed by atoms with E-state index in [1.54, 1.807) is 18.2 Å². The second-order valence-electron chi connectivity index (χ2n) is 4.43. The standard InChI is InChI=1S/C15H20Cl2N2O2/c1-3-5-18-9-11-7-12(16)8-13(17)15(11)21-10-14(20)19-6-4-2/h4,7-8,18H,2-3,5-6,9-10H2,1H3,(H,19,20). The molecule has 0 aromatic heterocycles. The van der Waals surface area contributed by atoms with Gasteiger partial charge in [-0.05, 0) is 25.1 Å². The van der Waals surface area contributed by atoms with Crippen molar-refractivity contribution >= 4 is 29.1 Å². The molecule has 21 heavy (non-hydrogen) atoms. The Morgan fingerprint density at radius 2 is 2.19 bits per heavy atom. The van der Waals surface area contributed by atoms with Gasteiger partial charge in [-0.1, -0.05) is 36.2 Å². The van der Waals surface area contributed by atoms with E-state index in [1.165, 1.54) is 0 Å². The molecule has 0 aliphatic heterocycles. The first kappa shape index (κ1) is 17.8. The van der Waals surface area contributed by atoms with E-state index in [-0.39, 0.29) is 12.5 Å². The van der Waals surface area contributed by atoms with Crippen molar-refractivity contribution in [3.8, 4) is 5.75 Å². The number of hydrogen-bond acceptors (Lipinski definition) is 3. The van der Waals surface area contributed by atoms with Gasteiger partial charge in [0, 0.05) is 23.7 Å². The van der Waals surface area contributed by atoms with Gasteiger partial charge >= 0.3 is 0 Å². The van der Waals surface area contributed by atoms with Gasteiger partial charge in [0.25, 0.3) is 5.91 Å². The number of halogens is 2. The second kappa shape index (κ2) is 9.66. The fraction of sp³-hybridized carbons (Fsp3) is 0.400. The van der Waals surface area contributed by atoms with Gasteiger partial charge < -0.3 is 15.4 Å². The molecule has 0 aliphatic carbocycles. The summed E-state index contributed by atoms with van der Waals surface area (Å²) in [5.41, 5.74) is 0.831. The van der Waals surface area contributed by atoms with Gasteiger partial charge in [0.1, 0.15) is 5.75 Å². The Morgan fingerprint density at radius 1 is 1.43 bits per heavy atom. The summed E-state index contributed by atoms with van der Waals surface area (Å²) in [5.74, 6) is 0.256. The molecule has 0 aliphatic rings. The summed E-state index contributed by atoms with van der Waals surface area (Å²) in [6.07, 6.45) is 2.63. The predicted octanol–water partition coefficient (Wildman–Crippen LogP) is 3.17. The third kappa shape index (κ3) is 6.38. The van der Waals surface area contributed by atoms with E-state index >= 15 is 0 Å². The number of carbonyl (C=O) groups is 1. The molecule has 1 rings (SSSR count). The largest absolute Gasteiger partial charge is 0.482 e. The minimum absolute atomic E-state index is 0.101. The fourth-order valence-electron chi connectivity index (χ4n) is 1.68. The van der Waals surface area contributed by atoms with Crippen molar-refractivity contribution in [2.75, 3.05) is 19.7 Å². The molecule has 4 nitrogen and oxygen atoms in total. The highest BCUT2D eigenvalue weighted by atomic mass is 35.5. The first-order valence-electron chi connectivity index (χ1n) is 6.77.